The molecule has 1 saturated heterocycles. The second-order valence-electron chi connectivity index (χ2n) is 6.44. The van der Waals surface area contributed by atoms with Crippen LogP contribution in [-0.2, 0) is 20.9 Å². The predicted octanol–water partition coefficient (Wildman–Crippen LogP) is 3.20. The molecular formula is C20H17Cl2N3O4S. The van der Waals surface area contributed by atoms with E-state index < -0.39 is 11.8 Å². The molecule has 2 N–H and O–H groups in total. The average Bonchev–Trinajstić information content (AvgIpc) is 3.05. The quantitative estimate of drug-likeness (QED) is 0.387. The molecular weight excluding hydrogens is 449 g/mol. The molecule has 2 aromatic rings. The SMILES string of the molecule is O=C(CSc1cc(Cl)ccc1Cl)NNC(=O)c1ccc(CN2C(=O)CCC2=O)cc1. The van der Waals surface area contributed by atoms with Gasteiger partial charge in [-0.1, -0.05) is 35.3 Å². The number of hydrogen-bond acceptors (Lipinski definition) is 5. The van der Waals surface area contributed by atoms with Gasteiger partial charge < -0.3 is 0 Å². The zero-order valence-electron chi connectivity index (χ0n) is 15.6. The van der Waals surface area contributed by atoms with Crippen molar-refractivity contribution in [3.05, 3.63) is 63.6 Å². The third kappa shape index (κ3) is 5.75. The second kappa shape index (κ2) is 9.97. The molecule has 0 unspecified atom stereocenters. The van der Waals surface area contributed by atoms with Crippen molar-refractivity contribution in [3.63, 3.8) is 0 Å². The Balaban J connectivity index is 1.47. The first kappa shape index (κ1) is 22.1. The molecule has 1 aliphatic heterocycles. The third-order valence-corrected chi connectivity index (χ3v) is 6.01. The minimum absolute atomic E-state index is 0.0389. The Hall–Kier alpha value is -2.55. The number of nitrogens with one attached hydrogen (secondary N) is 2. The van der Waals surface area contributed by atoms with Gasteiger partial charge in [0.2, 0.25) is 17.7 Å². The lowest BCUT2D eigenvalue weighted by Crippen LogP contribution is -2.42. The molecule has 0 aromatic heterocycles. The van der Waals surface area contributed by atoms with Gasteiger partial charge in [0.15, 0.2) is 0 Å². The molecule has 0 bridgehead atoms. The first-order valence-corrected chi connectivity index (χ1v) is 10.7. The van der Waals surface area contributed by atoms with Crippen LogP contribution in [0.1, 0.15) is 28.8 Å². The predicted molar refractivity (Wildman–Crippen MR) is 114 cm³/mol. The fourth-order valence-electron chi connectivity index (χ4n) is 2.71. The van der Waals surface area contributed by atoms with Gasteiger partial charge in [0.05, 0.1) is 17.3 Å². The van der Waals surface area contributed by atoms with Crippen molar-refractivity contribution in [3.8, 4) is 0 Å². The van der Waals surface area contributed by atoms with Crippen LogP contribution in [0.25, 0.3) is 0 Å². The summed E-state index contributed by atoms with van der Waals surface area (Å²) in [6.45, 7) is 0.180. The molecule has 1 aliphatic rings. The number of carbonyl (C=O) groups is 4. The lowest BCUT2D eigenvalue weighted by Gasteiger charge is -2.14. The van der Waals surface area contributed by atoms with Gasteiger partial charge in [0, 0.05) is 28.3 Å². The summed E-state index contributed by atoms with van der Waals surface area (Å²) >= 11 is 13.2. The normalized spacial score (nSPS) is 13.5. The maximum atomic E-state index is 12.2. The molecule has 0 aliphatic carbocycles. The summed E-state index contributed by atoms with van der Waals surface area (Å²) in [7, 11) is 0. The van der Waals surface area contributed by atoms with Crippen LogP contribution in [-0.4, -0.2) is 34.3 Å². The second-order valence-corrected chi connectivity index (χ2v) is 8.30. The Labute approximate surface area is 187 Å². The summed E-state index contributed by atoms with van der Waals surface area (Å²) in [4.78, 5) is 49.4. The Bertz CT molecular complexity index is 982. The van der Waals surface area contributed by atoms with Crippen molar-refractivity contribution in [2.24, 2.45) is 0 Å². The summed E-state index contributed by atoms with van der Waals surface area (Å²) in [6.07, 6.45) is 0.474. The number of likely N-dealkylation sites (tertiary alicyclic amines) is 1. The fourth-order valence-corrected chi connectivity index (χ4v) is 4.00. The number of thioether (sulfide) groups is 1. The van der Waals surface area contributed by atoms with E-state index in [9.17, 15) is 19.2 Å². The van der Waals surface area contributed by atoms with Gasteiger partial charge in [-0.15, -0.1) is 11.8 Å². The highest BCUT2D eigenvalue weighted by Gasteiger charge is 2.28. The first-order chi connectivity index (χ1) is 14.3. The van der Waals surface area contributed by atoms with E-state index in [-0.39, 0.29) is 37.0 Å². The summed E-state index contributed by atoms with van der Waals surface area (Å²) in [5.74, 6) is -1.25. The highest BCUT2D eigenvalue weighted by Crippen LogP contribution is 2.29. The highest BCUT2D eigenvalue weighted by atomic mass is 35.5. The summed E-state index contributed by atoms with van der Waals surface area (Å²) in [6, 6.07) is 11.4. The van der Waals surface area contributed by atoms with Gasteiger partial charge in [-0.2, -0.15) is 0 Å². The number of carbonyl (C=O) groups excluding carboxylic acids is 4. The summed E-state index contributed by atoms with van der Waals surface area (Å²) in [5, 5.41) is 0.996. The number of rotatable bonds is 6. The van der Waals surface area contributed by atoms with E-state index in [0.29, 0.717) is 20.5 Å². The molecule has 3 rings (SSSR count). The van der Waals surface area contributed by atoms with Crippen molar-refractivity contribution in [1.82, 2.24) is 15.8 Å². The Morgan fingerprint density at radius 2 is 1.63 bits per heavy atom. The zero-order chi connectivity index (χ0) is 21.7. The topological polar surface area (TPSA) is 95.6 Å². The average molecular weight is 466 g/mol. The van der Waals surface area contributed by atoms with Gasteiger partial charge in [-0.05, 0) is 35.9 Å². The van der Waals surface area contributed by atoms with E-state index in [1.807, 2.05) is 0 Å². The first-order valence-electron chi connectivity index (χ1n) is 8.92. The Morgan fingerprint density at radius 3 is 2.30 bits per heavy atom. The van der Waals surface area contributed by atoms with E-state index in [4.69, 9.17) is 23.2 Å². The molecule has 1 heterocycles. The minimum atomic E-state index is -0.492. The molecule has 0 atom stereocenters. The van der Waals surface area contributed by atoms with E-state index in [0.717, 1.165) is 5.56 Å². The minimum Gasteiger partial charge on any atom is -0.278 e. The third-order valence-electron chi connectivity index (χ3n) is 4.28. The molecule has 0 spiro atoms. The summed E-state index contributed by atoms with van der Waals surface area (Å²) in [5.41, 5.74) is 5.73. The molecule has 0 radical (unpaired) electrons. The van der Waals surface area contributed by atoms with Crippen molar-refractivity contribution in [2.75, 3.05) is 5.75 Å². The van der Waals surface area contributed by atoms with Crippen LogP contribution in [0.5, 0.6) is 0 Å². The fraction of sp³-hybridized carbons (Fsp3) is 0.200. The van der Waals surface area contributed by atoms with Crippen LogP contribution in [0.4, 0.5) is 0 Å². The van der Waals surface area contributed by atoms with Gasteiger partial charge in [0.1, 0.15) is 0 Å². The molecule has 156 valence electrons. The van der Waals surface area contributed by atoms with Gasteiger partial charge in [-0.3, -0.25) is 34.9 Å². The number of halogens is 2. The van der Waals surface area contributed by atoms with E-state index >= 15 is 0 Å². The maximum Gasteiger partial charge on any atom is 0.269 e. The van der Waals surface area contributed by atoms with Crippen LogP contribution in [0.3, 0.4) is 0 Å². The van der Waals surface area contributed by atoms with Crippen LogP contribution in [0, 0.1) is 0 Å². The summed E-state index contributed by atoms with van der Waals surface area (Å²) < 4.78 is 0. The van der Waals surface area contributed by atoms with Crippen molar-refractivity contribution in [2.45, 2.75) is 24.3 Å². The number of benzene rings is 2. The largest absolute Gasteiger partial charge is 0.278 e. The zero-order valence-corrected chi connectivity index (χ0v) is 17.9. The number of hydrogen-bond donors (Lipinski definition) is 2. The standard InChI is InChI=1S/C20H17Cl2N3O4S/c21-14-5-6-15(22)16(9-14)30-11-17(26)23-24-20(29)13-3-1-12(2-4-13)10-25-18(27)7-8-19(25)28/h1-6,9H,7-8,10-11H2,(H,23,26)(H,24,29). The van der Waals surface area contributed by atoms with E-state index in [1.165, 1.54) is 16.7 Å². The number of nitrogens with zero attached hydrogens (tertiary/aromatic N) is 1. The van der Waals surface area contributed by atoms with E-state index in [2.05, 4.69) is 10.9 Å². The number of amides is 4. The maximum absolute atomic E-state index is 12.2. The molecule has 30 heavy (non-hydrogen) atoms. The Morgan fingerprint density at radius 1 is 0.967 bits per heavy atom. The number of imide groups is 1. The van der Waals surface area contributed by atoms with Gasteiger partial charge in [-0.25, -0.2) is 0 Å². The monoisotopic (exact) mass is 465 g/mol. The lowest BCUT2D eigenvalue weighted by atomic mass is 10.1. The smallest absolute Gasteiger partial charge is 0.269 e. The number of hydrazine groups is 1. The molecule has 0 saturated carbocycles. The highest BCUT2D eigenvalue weighted by molar-refractivity contribution is 8.00. The molecule has 1 fully saturated rings. The van der Waals surface area contributed by atoms with Gasteiger partial charge in [0.25, 0.3) is 5.91 Å². The lowest BCUT2D eigenvalue weighted by molar-refractivity contribution is -0.139. The Kier molecular flexibility index (Phi) is 7.36. The van der Waals surface area contributed by atoms with Crippen LogP contribution < -0.4 is 10.9 Å². The van der Waals surface area contributed by atoms with Crippen molar-refractivity contribution < 1.29 is 19.2 Å². The van der Waals surface area contributed by atoms with Crippen LogP contribution in [0.2, 0.25) is 10.0 Å². The molecule has 2 aromatic carbocycles. The molecule has 4 amide bonds. The van der Waals surface area contributed by atoms with E-state index in [1.54, 1.807) is 42.5 Å². The van der Waals surface area contributed by atoms with Crippen LogP contribution in [0.15, 0.2) is 47.4 Å². The molecule has 7 nitrogen and oxygen atoms in total. The van der Waals surface area contributed by atoms with Crippen molar-refractivity contribution in [1.29, 1.82) is 0 Å². The van der Waals surface area contributed by atoms with Crippen LogP contribution >= 0.6 is 35.0 Å². The van der Waals surface area contributed by atoms with Gasteiger partial charge >= 0.3 is 0 Å². The molecule has 10 heteroatoms. The van der Waals surface area contributed by atoms with Crippen molar-refractivity contribution >= 4 is 58.6 Å².